The monoisotopic (exact) mass is 331 g/mol. The number of aliphatic imine (C=N–C) groups is 1. The maximum atomic E-state index is 12.5. The molecule has 2 heterocycles. The van der Waals surface area contributed by atoms with Gasteiger partial charge in [-0.25, -0.2) is 4.98 Å². The van der Waals surface area contributed by atoms with E-state index in [-0.39, 0.29) is 12.8 Å². The number of hydrogen-bond donors (Lipinski definition) is 1. The van der Waals surface area contributed by atoms with Crippen LogP contribution in [0.15, 0.2) is 29.4 Å². The Balaban J connectivity index is 2.19. The van der Waals surface area contributed by atoms with Gasteiger partial charge >= 0.3 is 6.18 Å². The lowest BCUT2D eigenvalue weighted by atomic mass is 10.0. The van der Waals surface area contributed by atoms with E-state index in [9.17, 15) is 18.0 Å². The van der Waals surface area contributed by atoms with Gasteiger partial charge in [-0.2, -0.15) is 13.2 Å². The van der Waals surface area contributed by atoms with Crippen molar-refractivity contribution in [3.05, 3.63) is 30.1 Å². The van der Waals surface area contributed by atoms with Gasteiger partial charge in [0.2, 0.25) is 5.91 Å². The number of carbonyl (C=O) groups excluding carboxylic acids is 1. The first-order chi connectivity index (χ1) is 10.3. The molecule has 1 aliphatic rings. The third-order valence-corrected chi connectivity index (χ3v) is 3.22. The molecule has 0 aliphatic carbocycles. The third-order valence-electron chi connectivity index (χ3n) is 3.03. The minimum absolute atomic E-state index is 0.188. The Hall–Kier alpha value is -1.89. The zero-order chi connectivity index (χ0) is 16.3. The molecule has 0 fully saturated rings. The van der Waals surface area contributed by atoms with Crippen molar-refractivity contribution in [1.82, 2.24) is 4.98 Å². The number of rotatable bonds is 3. The van der Waals surface area contributed by atoms with Crippen molar-refractivity contribution in [1.29, 1.82) is 0 Å². The van der Waals surface area contributed by atoms with Crippen molar-refractivity contribution >= 4 is 34.6 Å². The number of alkyl halides is 4. The normalized spacial score (nSPS) is 16.6. The van der Waals surface area contributed by atoms with Gasteiger partial charge in [-0.1, -0.05) is 6.07 Å². The summed E-state index contributed by atoms with van der Waals surface area (Å²) >= 11 is 5.65. The second kappa shape index (κ2) is 6.48. The summed E-state index contributed by atoms with van der Waals surface area (Å²) < 4.78 is 37.6. The van der Waals surface area contributed by atoms with E-state index in [0.717, 1.165) is 0 Å². The molecular formula is C14H13ClF3N3O. The van der Waals surface area contributed by atoms with Gasteiger partial charge in [-0.3, -0.25) is 9.79 Å². The lowest BCUT2D eigenvalue weighted by Crippen LogP contribution is -2.24. The Morgan fingerprint density at radius 1 is 1.36 bits per heavy atom. The zero-order valence-electron chi connectivity index (χ0n) is 11.6. The minimum atomic E-state index is -4.40. The molecule has 1 N–H and O–H groups in total. The van der Waals surface area contributed by atoms with Crippen LogP contribution in [-0.2, 0) is 4.79 Å². The van der Waals surface area contributed by atoms with Crippen molar-refractivity contribution in [3.63, 3.8) is 0 Å². The van der Waals surface area contributed by atoms with Crippen LogP contribution in [0.25, 0.3) is 5.57 Å². The summed E-state index contributed by atoms with van der Waals surface area (Å²) in [6.45, 7) is 1.53. The summed E-state index contributed by atoms with van der Waals surface area (Å²) in [5.41, 5.74) is 0.268. The fourth-order valence-corrected chi connectivity index (χ4v) is 1.91. The van der Waals surface area contributed by atoms with Gasteiger partial charge in [0.1, 0.15) is 16.9 Å². The number of halogens is 4. The molecule has 118 valence electrons. The minimum Gasteiger partial charge on any atom is -0.309 e. The second-order valence-electron chi connectivity index (χ2n) is 4.74. The topological polar surface area (TPSA) is 54.4 Å². The van der Waals surface area contributed by atoms with E-state index < -0.39 is 23.2 Å². The highest BCUT2D eigenvalue weighted by atomic mass is 35.5. The maximum Gasteiger partial charge on any atom is 0.429 e. The van der Waals surface area contributed by atoms with E-state index in [1.807, 2.05) is 0 Å². The molecule has 1 aromatic heterocycles. The number of hydrogen-bond acceptors (Lipinski definition) is 3. The molecule has 0 bridgehead atoms. The quantitative estimate of drug-likeness (QED) is 0.857. The van der Waals surface area contributed by atoms with Crippen molar-refractivity contribution in [2.24, 2.45) is 4.99 Å². The number of pyridine rings is 1. The van der Waals surface area contributed by atoms with Crippen LogP contribution in [0.4, 0.5) is 19.0 Å². The Labute approximate surface area is 130 Å². The van der Waals surface area contributed by atoms with Gasteiger partial charge in [0.25, 0.3) is 0 Å². The van der Waals surface area contributed by atoms with E-state index >= 15 is 0 Å². The molecule has 1 unspecified atom stereocenters. The number of amides is 1. The summed E-state index contributed by atoms with van der Waals surface area (Å²) in [6.07, 6.45) is -3.23. The highest BCUT2D eigenvalue weighted by Gasteiger charge is 2.36. The van der Waals surface area contributed by atoms with Crippen LogP contribution in [-0.4, -0.2) is 28.2 Å². The molecule has 2 rings (SSSR count). The van der Waals surface area contributed by atoms with Crippen LogP contribution in [0.1, 0.15) is 25.5 Å². The van der Waals surface area contributed by atoms with Crippen LogP contribution < -0.4 is 5.32 Å². The zero-order valence-corrected chi connectivity index (χ0v) is 12.4. The number of allylic oxidation sites excluding steroid dienone is 1. The van der Waals surface area contributed by atoms with E-state index in [1.54, 1.807) is 18.2 Å². The van der Waals surface area contributed by atoms with Crippen LogP contribution in [0, 0.1) is 0 Å². The third kappa shape index (κ3) is 4.07. The van der Waals surface area contributed by atoms with E-state index in [1.165, 1.54) is 13.1 Å². The summed E-state index contributed by atoms with van der Waals surface area (Å²) in [5, 5.41) is 1.82. The first-order valence-corrected chi connectivity index (χ1v) is 6.96. The van der Waals surface area contributed by atoms with E-state index in [2.05, 4.69) is 15.3 Å². The molecule has 0 saturated carbocycles. The Morgan fingerprint density at radius 3 is 2.64 bits per heavy atom. The summed E-state index contributed by atoms with van der Waals surface area (Å²) in [4.78, 5) is 19.2. The van der Waals surface area contributed by atoms with Crippen molar-refractivity contribution in [3.8, 4) is 0 Å². The van der Waals surface area contributed by atoms with Crippen LogP contribution in [0.2, 0.25) is 0 Å². The predicted octanol–water partition coefficient (Wildman–Crippen LogP) is 3.79. The van der Waals surface area contributed by atoms with Crippen molar-refractivity contribution in [2.45, 2.75) is 31.3 Å². The average Bonchev–Trinajstić information content (AvgIpc) is 2.46. The van der Waals surface area contributed by atoms with Crippen LogP contribution in [0.3, 0.4) is 0 Å². The van der Waals surface area contributed by atoms with E-state index in [4.69, 9.17) is 11.6 Å². The molecule has 0 aromatic carbocycles. The number of aromatic nitrogens is 1. The van der Waals surface area contributed by atoms with E-state index in [0.29, 0.717) is 17.1 Å². The molecule has 4 nitrogen and oxygen atoms in total. The largest absolute Gasteiger partial charge is 0.429 e. The standard InChI is InChI=1S/C14H13ClF3N3O/c1-8(15)13(22)21-12-4-2-3-10(20-12)9-5-6-11(19-7-9)14(16,17)18/h2-4,7-8H,5-6H2,1H3,(H,20,21,22). The molecule has 1 atom stereocenters. The fourth-order valence-electron chi connectivity index (χ4n) is 1.86. The average molecular weight is 332 g/mol. The van der Waals surface area contributed by atoms with Crippen LogP contribution in [0.5, 0.6) is 0 Å². The highest BCUT2D eigenvalue weighted by Crippen LogP contribution is 2.29. The highest BCUT2D eigenvalue weighted by molar-refractivity contribution is 6.32. The molecule has 1 aromatic rings. The Bertz CT molecular complexity index is 638. The maximum absolute atomic E-state index is 12.5. The van der Waals surface area contributed by atoms with Gasteiger partial charge in [-0.15, -0.1) is 11.6 Å². The summed E-state index contributed by atoms with van der Waals surface area (Å²) in [7, 11) is 0. The van der Waals surface area contributed by atoms with Gasteiger partial charge < -0.3 is 5.32 Å². The first kappa shape index (κ1) is 16.5. The van der Waals surface area contributed by atoms with Crippen LogP contribution >= 0.6 is 11.6 Å². The molecular weight excluding hydrogens is 319 g/mol. The number of anilines is 1. The Kier molecular flexibility index (Phi) is 4.85. The van der Waals surface area contributed by atoms with Crippen molar-refractivity contribution in [2.75, 3.05) is 5.32 Å². The lowest BCUT2D eigenvalue weighted by molar-refractivity contribution is -0.115. The van der Waals surface area contributed by atoms with Gasteiger partial charge in [0.15, 0.2) is 0 Å². The molecule has 22 heavy (non-hydrogen) atoms. The SMILES string of the molecule is CC(Cl)C(=O)Nc1cccc(C2=CN=C(C(F)(F)F)CC2)n1. The fraction of sp³-hybridized carbons (Fsp3) is 0.357. The van der Waals surface area contributed by atoms with Gasteiger partial charge in [0.05, 0.1) is 5.69 Å². The first-order valence-electron chi connectivity index (χ1n) is 6.52. The number of carbonyl (C=O) groups is 1. The van der Waals surface area contributed by atoms with Gasteiger partial charge in [-0.05, 0) is 37.5 Å². The molecule has 1 amide bonds. The summed E-state index contributed by atoms with van der Waals surface area (Å²) in [5.74, 6) is -0.109. The molecule has 0 saturated heterocycles. The predicted molar refractivity (Wildman–Crippen MR) is 78.9 cm³/mol. The molecule has 0 spiro atoms. The smallest absolute Gasteiger partial charge is 0.309 e. The number of nitrogens with zero attached hydrogens (tertiary/aromatic N) is 2. The molecule has 0 radical (unpaired) electrons. The second-order valence-corrected chi connectivity index (χ2v) is 5.40. The molecule has 1 aliphatic heterocycles. The summed E-state index contributed by atoms with van der Waals surface area (Å²) in [6, 6.07) is 4.88. The Morgan fingerprint density at radius 2 is 2.09 bits per heavy atom. The molecule has 8 heteroatoms. The van der Waals surface area contributed by atoms with Gasteiger partial charge in [0, 0.05) is 6.20 Å². The number of nitrogens with one attached hydrogen (secondary N) is 1. The van der Waals surface area contributed by atoms with Crippen molar-refractivity contribution < 1.29 is 18.0 Å². The lowest BCUT2D eigenvalue weighted by Gasteiger charge is -2.16.